The van der Waals surface area contributed by atoms with Crippen LogP contribution in [0.15, 0.2) is 30.4 Å². The van der Waals surface area contributed by atoms with E-state index < -0.39 is 11.9 Å². The van der Waals surface area contributed by atoms with Crippen LogP contribution in [-0.4, -0.2) is 5.11 Å². The number of para-hydroxylation sites is 1. The number of phenolic OH excluding ortho intramolecular Hbond substituents is 1. The van der Waals surface area contributed by atoms with Gasteiger partial charge in [0.2, 0.25) is 0 Å². The van der Waals surface area contributed by atoms with Crippen molar-refractivity contribution in [3.63, 3.8) is 0 Å². The summed E-state index contributed by atoms with van der Waals surface area (Å²) in [6.07, 6.45) is 0.539. The van der Waals surface area contributed by atoms with E-state index in [1.54, 1.807) is 6.07 Å². The lowest BCUT2D eigenvalue weighted by atomic mass is 10.0. The van der Waals surface area contributed by atoms with E-state index in [0.29, 0.717) is 12.0 Å². The number of aromatic hydroxyl groups is 1. The standard InChI is InChI=1S/C11H14FNO.ClH/c1-7(2)6-10(13)8-4-3-5-9(12)11(8)14;/h3-5,10,14H,1,6,13H2,2H3;1H/t10-;/m0./s1. The number of benzene rings is 1. The Balaban J connectivity index is 0.00000196. The van der Waals surface area contributed by atoms with Crippen LogP contribution < -0.4 is 5.73 Å². The summed E-state index contributed by atoms with van der Waals surface area (Å²) in [6, 6.07) is 3.95. The molecule has 1 aromatic carbocycles. The Morgan fingerprint density at radius 3 is 2.73 bits per heavy atom. The van der Waals surface area contributed by atoms with E-state index in [0.717, 1.165) is 5.57 Å². The first-order chi connectivity index (χ1) is 6.52. The van der Waals surface area contributed by atoms with Crippen molar-refractivity contribution in [3.05, 3.63) is 41.7 Å². The van der Waals surface area contributed by atoms with Crippen LogP contribution in [0.25, 0.3) is 0 Å². The molecule has 15 heavy (non-hydrogen) atoms. The first kappa shape index (κ1) is 13.9. The second kappa shape index (κ2) is 5.73. The van der Waals surface area contributed by atoms with E-state index in [9.17, 15) is 9.50 Å². The highest BCUT2D eigenvalue weighted by atomic mass is 35.5. The lowest BCUT2D eigenvalue weighted by Crippen LogP contribution is -2.11. The minimum absolute atomic E-state index is 0. The van der Waals surface area contributed by atoms with E-state index in [2.05, 4.69) is 6.58 Å². The predicted molar refractivity (Wildman–Crippen MR) is 61.7 cm³/mol. The van der Waals surface area contributed by atoms with Gasteiger partial charge < -0.3 is 10.8 Å². The van der Waals surface area contributed by atoms with Crippen molar-refractivity contribution in [2.45, 2.75) is 19.4 Å². The van der Waals surface area contributed by atoms with Crippen LogP contribution in [0.5, 0.6) is 5.75 Å². The monoisotopic (exact) mass is 231 g/mol. The van der Waals surface area contributed by atoms with Crippen molar-refractivity contribution in [2.75, 3.05) is 0 Å². The second-order valence-corrected chi connectivity index (χ2v) is 3.45. The molecule has 0 bridgehead atoms. The Hall–Kier alpha value is -1.06. The average molecular weight is 232 g/mol. The summed E-state index contributed by atoms with van der Waals surface area (Å²) in [5, 5.41) is 9.40. The number of phenols is 1. The van der Waals surface area contributed by atoms with Gasteiger partial charge in [-0.15, -0.1) is 19.0 Å². The van der Waals surface area contributed by atoms with Crippen molar-refractivity contribution in [1.29, 1.82) is 0 Å². The Morgan fingerprint density at radius 2 is 2.20 bits per heavy atom. The van der Waals surface area contributed by atoms with Crippen LogP contribution in [0.4, 0.5) is 4.39 Å². The van der Waals surface area contributed by atoms with Crippen molar-refractivity contribution < 1.29 is 9.50 Å². The molecule has 0 spiro atoms. The Labute approximate surface area is 95.0 Å². The van der Waals surface area contributed by atoms with Crippen molar-refractivity contribution in [2.24, 2.45) is 5.73 Å². The van der Waals surface area contributed by atoms with E-state index in [1.807, 2.05) is 6.92 Å². The number of hydrogen-bond donors (Lipinski definition) is 2. The normalized spacial score (nSPS) is 11.7. The molecule has 1 atom stereocenters. The number of hydrogen-bond acceptors (Lipinski definition) is 2. The molecule has 0 heterocycles. The van der Waals surface area contributed by atoms with Crippen LogP contribution in [0.2, 0.25) is 0 Å². The van der Waals surface area contributed by atoms with Gasteiger partial charge in [-0.05, 0) is 19.4 Å². The molecule has 0 aliphatic rings. The van der Waals surface area contributed by atoms with Crippen LogP contribution in [0, 0.1) is 5.82 Å². The van der Waals surface area contributed by atoms with Gasteiger partial charge in [0.25, 0.3) is 0 Å². The van der Waals surface area contributed by atoms with Gasteiger partial charge in [-0.3, -0.25) is 0 Å². The van der Waals surface area contributed by atoms with Crippen LogP contribution >= 0.6 is 12.4 Å². The average Bonchev–Trinajstić information content (AvgIpc) is 2.08. The molecule has 1 rings (SSSR count). The SMILES string of the molecule is C=C(C)C[C@H](N)c1cccc(F)c1O.Cl. The fraction of sp³-hybridized carbons (Fsp3) is 0.273. The molecule has 0 amide bonds. The van der Waals surface area contributed by atoms with E-state index in [4.69, 9.17) is 5.73 Å². The third kappa shape index (κ3) is 3.53. The van der Waals surface area contributed by atoms with Gasteiger partial charge in [0.05, 0.1) is 0 Å². The summed E-state index contributed by atoms with van der Waals surface area (Å²) in [6.45, 7) is 5.56. The molecule has 0 saturated heterocycles. The zero-order chi connectivity index (χ0) is 10.7. The third-order valence-corrected chi connectivity index (χ3v) is 1.99. The van der Waals surface area contributed by atoms with Crippen molar-refractivity contribution >= 4 is 12.4 Å². The number of nitrogens with two attached hydrogens (primary N) is 1. The summed E-state index contributed by atoms with van der Waals surface area (Å²) < 4.78 is 12.9. The van der Waals surface area contributed by atoms with Gasteiger partial charge >= 0.3 is 0 Å². The van der Waals surface area contributed by atoms with Crippen molar-refractivity contribution in [3.8, 4) is 5.75 Å². The summed E-state index contributed by atoms with van der Waals surface area (Å²) in [5.41, 5.74) is 7.11. The lowest BCUT2D eigenvalue weighted by Gasteiger charge is -2.13. The Kier molecular flexibility index (Phi) is 5.33. The first-order valence-corrected chi connectivity index (χ1v) is 4.39. The van der Waals surface area contributed by atoms with E-state index in [-0.39, 0.29) is 18.2 Å². The maximum absolute atomic E-state index is 12.9. The summed E-state index contributed by atoms with van der Waals surface area (Å²) in [5.74, 6) is -0.999. The number of halogens is 2. The van der Waals surface area contributed by atoms with Crippen molar-refractivity contribution in [1.82, 2.24) is 0 Å². The van der Waals surface area contributed by atoms with Gasteiger partial charge in [-0.1, -0.05) is 17.7 Å². The highest BCUT2D eigenvalue weighted by molar-refractivity contribution is 5.85. The quantitative estimate of drug-likeness (QED) is 0.786. The maximum atomic E-state index is 12.9. The van der Waals surface area contributed by atoms with Crippen LogP contribution in [-0.2, 0) is 0 Å². The molecule has 3 N–H and O–H groups in total. The third-order valence-electron chi connectivity index (χ3n) is 1.99. The fourth-order valence-electron chi connectivity index (χ4n) is 1.32. The molecule has 0 unspecified atom stereocenters. The van der Waals surface area contributed by atoms with E-state index in [1.165, 1.54) is 12.1 Å². The van der Waals surface area contributed by atoms with E-state index >= 15 is 0 Å². The molecule has 1 aromatic rings. The summed E-state index contributed by atoms with van der Waals surface area (Å²) in [4.78, 5) is 0. The molecule has 0 aliphatic heterocycles. The van der Waals surface area contributed by atoms with Gasteiger partial charge in [0, 0.05) is 11.6 Å². The highest BCUT2D eigenvalue weighted by Gasteiger charge is 2.13. The molecule has 0 radical (unpaired) electrons. The molecule has 4 heteroatoms. The minimum atomic E-state index is -0.639. The van der Waals surface area contributed by atoms with Gasteiger partial charge in [0.15, 0.2) is 11.6 Å². The number of rotatable bonds is 3. The van der Waals surface area contributed by atoms with Gasteiger partial charge in [0.1, 0.15) is 0 Å². The second-order valence-electron chi connectivity index (χ2n) is 3.45. The first-order valence-electron chi connectivity index (χ1n) is 4.39. The molecule has 0 aliphatic carbocycles. The van der Waals surface area contributed by atoms with Gasteiger partial charge in [-0.25, -0.2) is 4.39 Å². The van der Waals surface area contributed by atoms with Crippen LogP contribution in [0.3, 0.4) is 0 Å². The molecular formula is C11H15ClFNO. The lowest BCUT2D eigenvalue weighted by molar-refractivity contribution is 0.420. The highest BCUT2D eigenvalue weighted by Crippen LogP contribution is 2.28. The topological polar surface area (TPSA) is 46.2 Å². The zero-order valence-corrected chi connectivity index (χ0v) is 9.35. The molecule has 0 aromatic heterocycles. The smallest absolute Gasteiger partial charge is 0.165 e. The largest absolute Gasteiger partial charge is 0.505 e. The summed E-state index contributed by atoms with van der Waals surface area (Å²) in [7, 11) is 0. The summed E-state index contributed by atoms with van der Waals surface area (Å²) >= 11 is 0. The molecule has 0 fully saturated rings. The maximum Gasteiger partial charge on any atom is 0.165 e. The fourth-order valence-corrected chi connectivity index (χ4v) is 1.32. The predicted octanol–water partition coefficient (Wildman–Crippen LogP) is 2.92. The Bertz CT molecular complexity index is 354. The molecule has 2 nitrogen and oxygen atoms in total. The molecule has 84 valence electrons. The molecular weight excluding hydrogens is 217 g/mol. The van der Waals surface area contributed by atoms with Gasteiger partial charge in [-0.2, -0.15) is 0 Å². The minimum Gasteiger partial charge on any atom is -0.505 e. The van der Waals surface area contributed by atoms with Crippen LogP contribution in [0.1, 0.15) is 24.9 Å². The molecule has 0 saturated carbocycles. The Morgan fingerprint density at radius 1 is 1.60 bits per heavy atom. The zero-order valence-electron chi connectivity index (χ0n) is 8.53.